The van der Waals surface area contributed by atoms with E-state index < -0.39 is 48.2 Å². The number of aromatic hydroxyl groups is 2. The molecule has 2 fully saturated rings. The number of carbonyl (C=O) groups is 3. The van der Waals surface area contributed by atoms with Gasteiger partial charge in [-0.1, -0.05) is 31.2 Å². The molecule has 2 aromatic carbocycles. The maximum absolute atomic E-state index is 14.0. The molecule has 238 valence electrons. The number of phenolic OH excluding ortho intramolecular Hbond substituents is 2. The van der Waals surface area contributed by atoms with Gasteiger partial charge in [-0.15, -0.1) is 0 Å². The second-order valence-corrected chi connectivity index (χ2v) is 11.7. The Morgan fingerprint density at radius 1 is 1.02 bits per heavy atom. The zero-order chi connectivity index (χ0) is 32.0. The fourth-order valence-electron chi connectivity index (χ4n) is 5.84. The first-order valence-corrected chi connectivity index (χ1v) is 14.9. The quantitative estimate of drug-likeness (QED) is 0.136. The lowest BCUT2D eigenvalue weighted by molar-refractivity contribution is -0.143. The third kappa shape index (κ3) is 8.17. The van der Waals surface area contributed by atoms with Crippen molar-refractivity contribution >= 4 is 23.7 Å². The number of aliphatic hydroxyl groups excluding tert-OH is 2. The third-order valence-corrected chi connectivity index (χ3v) is 8.26. The number of guanidine groups is 1. The van der Waals surface area contributed by atoms with E-state index in [1.165, 1.54) is 34.1 Å². The minimum atomic E-state index is -1.41. The highest BCUT2D eigenvalue weighted by molar-refractivity contribution is 5.93. The van der Waals surface area contributed by atoms with Gasteiger partial charge in [0.2, 0.25) is 17.7 Å². The van der Waals surface area contributed by atoms with Crippen molar-refractivity contribution < 1.29 is 34.8 Å². The summed E-state index contributed by atoms with van der Waals surface area (Å²) < 4.78 is 0. The van der Waals surface area contributed by atoms with E-state index in [0.717, 1.165) is 5.56 Å². The van der Waals surface area contributed by atoms with Crippen LogP contribution in [0.2, 0.25) is 0 Å². The summed E-state index contributed by atoms with van der Waals surface area (Å²) in [4.78, 5) is 43.4. The summed E-state index contributed by atoms with van der Waals surface area (Å²) in [6.45, 7) is 2.59. The van der Waals surface area contributed by atoms with Gasteiger partial charge in [-0.05, 0) is 73.4 Å². The minimum absolute atomic E-state index is 0.0133. The molecule has 2 aliphatic rings. The Labute approximate surface area is 256 Å². The number of aryl methyl sites for hydroxylation is 1. The molecule has 0 radical (unpaired) electrons. The zero-order valence-corrected chi connectivity index (χ0v) is 24.7. The van der Waals surface area contributed by atoms with Crippen molar-refractivity contribution in [2.45, 2.75) is 75.9 Å². The molecule has 13 heteroatoms. The summed E-state index contributed by atoms with van der Waals surface area (Å²) >= 11 is 0. The van der Waals surface area contributed by atoms with Crippen molar-refractivity contribution in [3.8, 4) is 11.5 Å². The molecule has 0 unspecified atom stereocenters. The van der Waals surface area contributed by atoms with Crippen molar-refractivity contribution in [2.75, 3.05) is 13.1 Å². The second kappa shape index (κ2) is 14.4. The predicted molar refractivity (Wildman–Crippen MR) is 161 cm³/mol. The van der Waals surface area contributed by atoms with Crippen molar-refractivity contribution in [3.05, 3.63) is 59.7 Å². The van der Waals surface area contributed by atoms with Gasteiger partial charge in [0.1, 0.15) is 35.9 Å². The maximum atomic E-state index is 14.0. The highest BCUT2D eigenvalue weighted by Crippen LogP contribution is 2.26. The number of rotatable bonds is 10. The lowest BCUT2D eigenvalue weighted by Crippen LogP contribution is -2.61. The molecule has 0 saturated carbocycles. The number of phenols is 2. The number of benzene rings is 2. The van der Waals surface area contributed by atoms with Gasteiger partial charge < -0.3 is 46.6 Å². The highest BCUT2D eigenvalue weighted by Gasteiger charge is 2.42. The largest absolute Gasteiger partial charge is 0.508 e. The summed E-state index contributed by atoms with van der Waals surface area (Å²) in [5, 5.41) is 53.7. The van der Waals surface area contributed by atoms with Crippen LogP contribution in [0.25, 0.3) is 0 Å². The molecule has 2 heterocycles. The van der Waals surface area contributed by atoms with Crippen LogP contribution in [-0.4, -0.2) is 97.5 Å². The molecule has 0 bridgehead atoms. The van der Waals surface area contributed by atoms with E-state index in [-0.39, 0.29) is 42.8 Å². The van der Waals surface area contributed by atoms with Crippen molar-refractivity contribution in [1.82, 2.24) is 20.4 Å². The van der Waals surface area contributed by atoms with Crippen LogP contribution in [-0.2, 0) is 27.2 Å². The zero-order valence-electron chi connectivity index (χ0n) is 24.7. The van der Waals surface area contributed by atoms with Crippen molar-refractivity contribution in [3.63, 3.8) is 0 Å². The molecular weight excluding hydrogens is 568 g/mol. The molecule has 2 saturated heterocycles. The Morgan fingerprint density at radius 3 is 2.25 bits per heavy atom. The highest BCUT2D eigenvalue weighted by atomic mass is 16.3. The van der Waals surface area contributed by atoms with E-state index in [9.17, 15) is 34.8 Å². The first-order chi connectivity index (χ1) is 20.9. The Hall–Kier alpha value is -4.36. The number of hydrogen-bond acceptors (Lipinski definition) is 8. The molecule has 9 N–H and O–H groups in total. The van der Waals surface area contributed by atoms with Crippen LogP contribution in [0.15, 0.2) is 48.5 Å². The fourth-order valence-corrected chi connectivity index (χ4v) is 5.84. The number of carbonyl (C=O) groups excluding carboxylic acids is 3. The summed E-state index contributed by atoms with van der Waals surface area (Å²) in [6, 6.07) is 10.00. The summed E-state index contributed by atoms with van der Waals surface area (Å²) in [5.74, 6) is -1.82. The molecule has 6 atom stereocenters. The lowest BCUT2D eigenvalue weighted by Gasteiger charge is -2.39. The number of nitrogens with one attached hydrogen (secondary N) is 3. The molecule has 4 rings (SSSR count). The third-order valence-electron chi connectivity index (χ3n) is 8.26. The van der Waals surface area contributed by atoms with Gasteiger partial charge in [0.05, 0.1) is 6.04 Å². The SMILES string of the molecule is C[C@@H]1C[C@@H](C(=O)N[C@H]2CCCN(C(=N)N)[C@@H]2O)N(C(=O)[C@@H](Cc2ccc(O)cc2)NC(=O)[C@@H](O)CCc2ccc(O)cc2)C1. The van der Waals surface area contributed by atoms with Crippen LogP contribution in [0, 0.1) is 11.3 Å². The standard InChI is InChI=1S/C31H42N6O7/c1-18-15-25(27(41)34-23-3-2-14-36(29(23)43)31(32)33)37(17-18)30(44)24(16-20-6-11-22(39)12-7-20)35-28(42)26(40)13-8-19-4-9-21(38)10-5-19/h4-7,9-12,18,23-26,29,38-40,43H,2-3,8,13-17H2,1H3,(H3,32,33)(H,34,41)(H,35,42)/t18-,23+,24-,25+,26+,29-/m1/s1. The first-order valence-electron chi connectivity index (χ1n) is 14.9. The molecule has 13 nitrogen and oxygen atoms in total. The number of piperidine rings is 1. The first kappa shape index (κ1) is 32.6. The molecule has 44 heavy (non-hydrogen) atoms. The van der Waals surface area contributed by atoms with Crippen molar-refractivity contribution in [1.29, 1.82) is 5.41 Å². The van der Waals surface area contributed by atoms with Crippen LogP contribution in [0.5, 0.6) is 11.5 Å². The Morgan fingerprint density at radius 2 is 1.64 bits per heavy atom. The van der Waals surface area contributed by atoms with E-state index in [4.69, 9.17) is 11.1 Å². The van der Waals surface area contributed by atoms with Gasteiger partial charge in [0.15, 0.2) is 5.96 Å². The van der Waals surface area contributed by atoms with E-state index in [1.54, 1.807) is 24.3 Å². The lowest BCUT2D eigenvalue weighted by atomic mass is 10.0. The minimum Gasteiger partial charge on any atom is -0.508 e. The van der Waals surface area contributed by atoms with Gasteiger partial charge in [0.25, 0.3) is 0 Å². The molecule has 0 aromatic heterocycles. The molecule has 2 aromatic rings. The van der Waals surface area contributed by atoms with Gasteiger partial charge in [0, 0.05) is 19.5 Å². The van der Waals surface area contributed by atoms with Gasteiger partial charge in [-0.2, -0.15) is 0 Å². The number of likely N-dealkylation sites (tertiary alicyclic amines) is 2. The Kier molecular flexibility index (Phi) is 10.7. The number of amides is 3. The van der Waals surface area contributed by atoms with Gasteiger partial charge in [-0.3, -0.25) is 19.8 Å². The number of hydrogen-bond donors (Lipinski definition) is 8. The van der Waals surface area contributed by atoms with Crippen LogP contribution >= 0.6 is 0 Å². The monoisotopic (exact) mass is 610 g/mol. The molecule has 0 aliphatic carbocycles. The van der Waals surface area contributed by atoms with E-state index in [0.29, 0.717) is 37.8 Å². The molecular formula is C31H42N6O7. The number of nitrogens with two attached hydrogens (primary N) is 1. The molecule has 0 spiro atoms. The summed E-state index contributed by atoms with van der Waals surface area (Å²) in [5.41, 5.74) is 7.06. The van der Waals surface area contributed by atoms with Crippen LogP contribution in [0.1, 0.15) is 43.7 Å². The average Bonchev–Trinajstić information content (AvgIpc) is 3.39. The molecule has 3 amide bonds. The van der Waals surface area contributed by atoms with E-state index >= 15 is 0 Å². The normalized spacial score (nSPS) is 23.1. The number of aliphatic hydroxyl groups is 2. The Balaban J connectivity index is 1.48. The number of nitrogens with zero attached hydrogens (tertiary/aromatic N) is 2. The maximum Gasteiger partial charge on any atom is 0.249 e. The van der Waals surface area contributed by atoms with E-state index in [1.807, 2.05) is 6.92 Å². The smallest absolute Gasteiger partial charge is 0.249 e. The summed E-state index contributed by atoms with van der Waals surface area (Å²) in [6.07, 6.45) is -0.592. The van der Waals surface area contributed by atoms with Crippen LogP contribution in [0.3, 0.4) is 0 Å². The Bertz CT molecular complexity index is 1320. The summed E-state index contributed by atoms with van der Waals surface area (Å²) in [7, 11) is 0. The predicted octanol–water partition coefficient (Wildman–Crippen LogP) is 0.148. The average molecular weight is 611 g/mol. The van der Waals surface area contributed by atoms with Crippen molar-refractivity contribution in [2.24, 2.45) is 11.7 Å². The van der Waals surface area contributed by atoms with Crippen LogP contribution in [0.4, 0.5) is 0 Å². The van der Waals surface area contributed by atoms with Gasteiger partial charge >= 0.3 is 0 Å². The molecule has 2 aliphatic heterocycles. The topological polar surface area (TPSA) is 213 Å². The van der Waals surface area contributed by atoms with E-state index in [2.05, 4.69) is 10.6 Å². The van der Waals surface area contributed by atoms with Gasteiger partial charge in [-0.25, -0.2) is 0 Å². The fraction of sp³-hybridized carbons (Fsp3) is 0.484. The second-order valence-electron chi connectivity index (χ2n) is 11.7. The van der Waals surface area contributed by atoms with Crippen LogP contribution < -0.4 is 16.4 Å².